The van der Waals surface area contributed by atoms with Crippen LogP contribution in [0.2, 0.25) is 5.02 Å². The summed E-state index contributed by atoms with van der Waals surface area (Å²) >= 11 is 12.5. The molecule has 0 aliphatic heterocycles. The minimum absolute atomic E-state index is 0.111. The predicted molar refractivity (Wildman–Crippen MR) is 91.3 cm³/mol. The van der Waals surface area contributed by atoms with Gasteiger partial charge in [0.1, 0.15) is 5.82 Å². The Kier molecular flexibility index (Phi) is 4.86. The van der Waals surface area contributed by atoms with Crippen LogP contribution in [0.4, 0.5) is 0 Å². The highest BCUT2D eigenvalue weighted by Gasteiger charge is 2.24. The fraction of sp³-hybridized carbons (Fsp3) is 0.562. The summed E-state index contributed by atoms with van der Waals surface area (Å²) in [5.41, 5.74) is 2.11. The molecule has 0 radical (unpaired) electrons. The van der Waals surface area contributed by atoms with E-state index in [4.69, 9.17) is 23.2 Å². The monoisotopic (exact) mass is 327 g/mol. The summed E-state index contributed by atoms with van der Waals surface area (Å²) in [7, 11) is 4.19. The largest absolute Gasteiger partial charge is 0.326 e. The number of benzene rings is 1. The van der Waals surface area contributed by atoms with Gasteiger partial charge < -0.3 is 9.47 Å². The first-order valence-electron chi connectivity index (χ1n) is 7.14. The van der Waals surface area contributed by atoms with Gasteiger partial charge in [0.25, 0.3) is 0 Å². The van der Waals surface area contributed by atoms with Crippen molar-refractivity contribution in [3.05, 3.63) is 29.0 Å². The van der Waals surface area contributed by atoms with E-state index in [2.05, 4.69) is 42.4 Å². The predicted octanol–water partition coefficient (Wildman–Crippen LogP) is 4.58. The van der Waals surface area contributed by atoms with Gasteiger partial charge in [0, 0.05) is 18.1 Å². The van der Waals surface area contributed by atoms with E-state index in [-0.39, 0.29) is 10.8 Å². The Morgan fingerprint density at radius 2 is 2.00 bits per heavy atom. The van der Waals surface area contributed by atoms with Gasteiger partial charge in [0.15, 0.2) is 0 Å². The molecule has 5 heteroatoms. The second-order valence-electron chi connectivity index (χ2n) is 6.71. The molecule has 0 aliphatic rings. The molecule has 0 saturated carbocycles. The lowest BCUT2D eigenvalue weighted by atomic mass is 9.92. The number of fused-ring (bicyclic) bond motifs is 1. The summed E-state index contributed by atoms with van der Waals surface area (Å²) in [4.78, 5) is 6.88. The van der Waals surface area contributed by atoms with Gasteiger partial charge >= 0.3 is 0 Å². The Morgan fingerprint density at radius 1 is 1.33 bits per heavy atom. The van der Waals surface area contributed by atoms with Crippen LogP contribution in [0.3, 0.4) is 0 Å². The zero-order chi connectivity index (χ0) is 15.8. The van der Waals surface area contributed by atoms with E-state index in [9.17, 15) is 0 Å². The van der Waals surface area contributed by atoms with Crippen LogP contribution in [-0.4, -0.2) is 35.1 Å². The fourth-order valence-electron chi connectivity index (χ4n) is 2.92. The molecule has 0 spiro atoms. The van der Waals surface area contributed by atoms with Crippen molar-refractivity contribution in [1.29, 1.82) is 0 Å². The zero-order valence-electron chi connectivity index (χ0n) is 13.3. The van der Waals surface area contributed by atoms with Crippen LogP contribution < -0.4 is 0 Å². The Labute approximate surface area is 136 Å². The van der Waals surface area contributed by atoms with Gasteiger partial charge in [-0.15, -0.1) is 11.6 Å². The standard InChI is InChI=1S/C16H23Cl2N3/c1-11(17)15-19-13-7-6-12(18)8-14(13)21(15)10-16(2,3)9-20(4)5/h6-8,11H,9-10H2,1-5H3. The van der Waals surface area contributed by atoms with Crippen molar-refractivity contribution in [1.82, 2.24) is 14.5 Å². The Bertz CT molecular complexity index is 630. The molecular formula is C16H23Cl2N3. The van der Waals surface area contributed by atoms with Crippen molar-refractivity contribution in [2.75, 3.05) is 20.6 Å². The second-order valence-corrected chi connectivity index (χ2v) is 7.80. The summed E-state index contributed by atoms with van der Waals surface area (Å²) in [6.45, 7) is 8.32. The molecule has 21 heavy (non-hydrogen) atoms. The zero-order valence-corrected chi connectivity index (χ0v) is 14.8. The van der Waals surface area contributed by atoms with Gasteiger partial charge in [-0.25, -0.2) is 4.98 Å². The average molecular weight is 328 g/mol. The van der Waals surface area contributed by atoms with Gasteiger partial charge in [0.05, 0.1) is 16.4 Å². The van der Waals surface area contributed by atoms with Crippen LogP contribution in [0.15, 0.2) is 18.2 Å². The summed E-state index contributed by atoms with van der Waals surface area (Å²) in [5.74, 6) is 0.903. The fourth-order valence-corrected chi connectivity index (χ4v) is 3.25. The highest BCUT2D eigenvalue weighted by molar-refractivity contribution is 6.31. The van der Waals surface area contributed by atoms with Gasteiger partial charge in [-0.1, -0.05) is 25.4 Å². The quantitative estimate of drug-likeness (QED) is 0.749. The first-order chi connectivity index (χ1) is 9.69. The number of hydrogen-bond donors (Lipinski definition) is 0. The van der Waals surface area contributed by atoms with Gasteiger partial charge in [-0.3, -0.25) is 0 Å². The highest BCUT2D eigenvalue weighted by Crippen LogP contribution is 2.30. The summed E-state index contributed by atoms with van der Waals surface area (Å²) in [5, 5.41) is 0.592. The third-order valence-electron chi connectivity index (χ3n) is 3.43. The molecule has 0 saturated heterocycles. The number of hydrogen-bond acceptors (Lipinski definition) is 2. The molecule has 1 aromatic heterocycles. The normalized spacial score (nSPS) is 14.1. The molecule has 1 unspecified atom stereocenters. The molecule has 1 atom stereocenters. The van der Waals surface area contributed by atoms with Crippen LogP contribution in [0.25, 0.3) is 11.0 Å². The molecule has 0 aliphatic carbocycles. The van der Waals surface area contributed by atoms with Gasteiger partial charge in [-0.05, 0) is 44.6 Å². The summed E-state index contributed by atoms with van der Waals surface area (Å²) < 4.78 is 2.21. The first kappa shape index (κ1) is 16.6. The van der Waals surface area contributed by atoms with Crippen LogP contribution in [0.5, 0.6) is 0 Å². The second kappa shape index (κ2) is 6.15. The van der Waals surface area contributed by atoms with E-state index in [1.807, 2.05) is 25.1 Å². The van der Waals surface area contributed by atoms with Crippen LogP contribution in [-0.2, 0) is 6.54 Å². The maximum Gasteiger partial charge on any atom is 0.127 e. The maximum absolute atomic E-state index is 6.33. The Balaban J connectivity index is 2.49. The third kappa shape index (κ3) is 3.91. The minimum Gasteiger partial charge on any atom is -0.326 e. The number of nitrogens with zero attached hydrogens (tertiary/aromatic N) is 3. The van der Waals surface area contributed by atoms with Crippen molar-refractivity contribution in [2.24, 2.45) is 5.41 Å². The Morgan fingerprint density at radius 3 is 2.57 bits per heavy atom. The topological polar surface area (TPSA) is 21.1 Å². The van der Waals surface area contributed by atoms with Crippen LogP contribution in [0.1, 0.15) is 32.0 Å². The lowest BCUT2D eigenvalue weighted by Gasteiger charge is -2.30. The average Bonchev–Trinajstić information content (AvgIpc) is 2.65. The molecule has 0 N–H and O–H groups in total. The van der Waals surface area contributed by atoms with E-state index in [0.717, 1.165) is 35.0 Å². The SMILES string of the molecule is CC(Cl)c1nc2ccc(Cl)cc2n1CC(C)(C)CN(C)C. The third-order valence-corrected chi connectivity index (χ3v) is 3.86. The molecule has 1 heterocycles. The molecule has 0 amide bonds. The number of halogens is 2. The van der Waals surface area contributed by atoms with Crippen molar-refractivity contribution in [2.45, 2.75) is 32.7 Å². The molecule has 2 rings (SSSR count). The lowest BCUT2D eigenvalue weighted by Crippen LogP contribution is -2.32. The van der Waals surface area contributed by atoms with Crippen LogP contribution >= 0.6 is 23.2 Å². The van der Waals surface area contributed by atoms with Gasteiger partial charge in [0.2, 0.25) is 0 Å². The van der Waals surface area contributed by atoms with Crippen LogP contribution in [0, 0.1) is 5.41 Å². The summed E-state index contributed by atoms with van der Waals surface area (Å²) in [6, 6.07) is 5.79. The van der Waals surface area contributed by atoms with Crippen molar-refractivity contribution >= 4 is 34.2 Å². The van der Waals surface area contributed by atoms with E-state index >= 15 is 0 Å². The highest BCUT2D eigenvalue weighted by atomic mass is 35.5. The first-order valence-corrected chi connectivity index (χ1v) is 7.95. The number of aromatic nitrogens is 2. The molecule has 2 aromatic rings. The minimum atomic E-state index is -0.133. The molecule has 0 fully saturated rings. The van der Waals surface area contributed by atoms with Crippen molar-refractivity contribution in [3.8, 4) is 0 Å². The number of imidazole rings is 1. The molecular weight excluding hydrogens is 305 g/mol. The molecule has 0 bridgehead atoms. The van der Waals surface area contributed by atoms with E-state index < -0.39 is 0 Å². The van der Waals surface area contributed by atoms with Crippen molar-refractivity contribution in [3.63, 3.8) is 0 Å². The molecule has 1 aromatic carbocycles. The van der Waals surface area contributed by atoms with E-state index in [1.54, 1.807) is 0 Å². The number of rotatable bonds is 5. The van der Waals surface area contributed by atoms with Crippen molar-refractivity contribution < 1.29 is 0 Å². The van der Waals surface area contributed by atoms with Gasteiger partial charge in [-0.2, -0.15) is 0 Å². The number of alkyl halides is 1. The lowest BCUT2D eigenvalue weighted by molar-refractivity contribution is 0.211. The van der Waals surface area contributed by atoms with E-state index in [1.165, 1.54) is 0 Å². The Hall–Kier alpha value is -0.770. The molecule has 116 valence electrons. The summed E-state index contributed by atoms with van der Waals surface area (Å²) in [6.07, 6.45) is 0. The van der Waals surface area contributed by atoms with E-state index in [0.29, 0.717) is 0 Å². The molecule has 3 nitrogen and oxygen atoms in total. The maximum atomic E-state index is 6.33. The smallest absolute Gasteiger partial charge is 0.127 e.